The number of aryl methyl sites for hydroxylation is 1. The van der Waals surface area contributed by atoms with Crippen molar-refractivity contribution in [3.63, 3.8) is 0 Å². The maximum absolute atomic E-state index is 11.3. The fourth-order valence-electron chi connectivity index (χ4n) is 1.36. The van der Waals surface area contributed by atoms with E-state index < -0.39 is 0 Å². The van der Waals surface area contributed by atoms with Crippen molar-refractivity contribution in [2.24, 2.45) is 0 Å². The van der Waals surface area contributed by atoms with Gasteiger partial charge >= 0.3 is 0 Å². The van der Waals surface area contributed by atoms with Crippen molar-refractivity contribution in [3.05, 3.63) is 11.8 Å². The van der Waals surface area contributed by atoms with E-state index in [0.717, 1.165) is 5.69 Å². The molecule has 0 atom stereocenters. The van der Waals surface area contributed by atoms with Gasteiger partial charge < -0.3 is 5.32 Å². The van der Waals surface area contributed by atoms with Crippen LogP contribution in [0.3, 0.4) is 0 Å². The highest BCUT2D eigenvalue weighted by Gasteiger charge is 2.19. The zero-order valence-electron chi connectivity index (χ0n) is 10.0. The summed E-state index contributed by atoms with van der Waals surface area (Å²) in [6, 6.07) is 3.60. The Kier molecular flexibility index (Phi) is 3.33. The third-order valence-electron chi connectivity index (χ3n) is 1.97. The average molecular weight is 220 g/mol. The number of aromatic nitrogens is 2. The van der Waals surface area contributed by atoms with E-state index in [1.807, 2.05) is 33.8 Å². The smallest absolute Gasteiger partial charge is 0.239 e. The molecule has 0 fully saturated rings. The zero-order chi connectivity index (χ0) is 12.3. The molecule has 0 aromatic carbocycles. The highest BCUT2D eigenvalue weighted by Crippen LogP contribution is 2.21. The first-order valence-electron chi connectivity index (χ1n) is 5.08. The van der Waals surface area contributed by atoms with Crippen LogP contribution in [0.1, 0.15) is 32.9 Å². The number of amides is 1. The summed E-state index contributed by atoms with van der Waals surface area (Å²) >= 11 is 0. The van der Waals surface area contributed by atoms with Gasteiger partial charge in [0.05, 0.1) is 17.3 Å². The van der Waals surface area contributed by atoms with Gasteiger partial charge in [-0.25, -0.2) is 4.68 Å². The normalized spacial score (nSPS) is 10.9. The maximum atomic E-state index is 11.3. The van der Waals surface area contributed by atoms with Gasteiger partial charge in [-0.2, -0.15) is 10.4 Å². The first-order chi connectivity index (χ1) is 7.34. The number of nitrogens with zero attached hydrogens (tertiary/aromatic N) is 3. The summed E-state index contributed by atoms with van der Waals surface area (Å²) in [4.78, 5) is 11.3. The van der Waals surface area contributed by atoms with E-state index in [1.165, 1.54) is 0 Å². The van der Waals surface area contributed by atoms with Crippen LogP contribution in [0.15, 0.2) is 6.07 Å². The van der Waals surface area contributed by atoms with E-state index in [1.54, 1.807) is 10.7 Å². The lowest BCUT2D eigenvalue weighted by atomic mass is 10.1. The highest BCUT2D eigenvalue weighted by atomic mass is 16.1. The Morgan fingerprint density at radius 1 is 1.62 bits per heavy atom. The van der Waals surface area contributed by atoms with Crippen LogP contribution in [0.4, 0.5) is 5.82 Å². The summed E-state index contributed by atoms with van der Waals surface area (Å²) in [7, 11) is 0. The molecule has 1 rings (SSSR count). The van der Waals surface area contributed by atoms with Crippen LogP contribution < -0.4 is 5.32 Å². The molecule has 16 heavy (non-hydrogen) atoms. The lowest BCUT2D eigenvalue weighted by Crippen LogP contribution is -2.26. The number of nitriles is 1. The van der Waals surface area contributed by atoms with Crippen molar-refractivity contribution >= 4 is 11.7 Å². The van der Waals surface area contributed by atoms with Crippen molar-refractivity contribution in [2.45, 2.75) is 39.7 Å². The van der Waals surface area contributed by atoms with Crippen molar-refractivity contribution in [3.8, 4) is 6.07 Å². The molecule has 1 N–H and O–H groups in total. The summed E-state index contributed by atoms with van der Waals surface area (Å²) in [5.74, 6) is 0.318. The third-order valence-corrected chi connectivity index (χ3v) is 1.97. The fourth-order valence-corrected chi connectivity index (χ4v) is 1.36. The van der Waals surface area contributed by atoms with E-state index in [2.05, 4.69) is 10.4 Å². The second-order valence-corrected chi connectivity index (χ2v) is 4.64. The van der Waals surface area contributed by atoms with Gasteiger partial charge in [-0.3, -0.25) is 4.79 Å². The van der Waals surface area contributed by atoms with Crippen LogP contribution in [0.2, 0.25) is 0 Å². The summed E-state index contributed by atoms with van der Waals surface area (Å²) in [6.07, 6.45) is -0.144. The summed E-state index contributed by atoms with van der Waals surface area (Å²) in [5.41, 5.74) is 0.631. The van der Waals surface area contributed by atoms with Crippen LogP contribution in [-0.4, -0.2) is 15.7 Å². The summed E-state index contributed by atoms with van der Waals surface area (Å²) < 4.78 is 1.75. The Hall–Kier alpha value is -1.83. The maximum Gasteiger partial charge on any atom is 0.239 e. The standard InChI is InChI=1S/C11H16N4O/c1-8-7-9(13-10(16)5-6-12)15(14-8)11(2,3)4/h7H,5H2,1-4H3,(H,13,16). The number of hydrogen-bond acceptors (Lipinski definition) is 3. The minimum absolute atomic E-state index is 0.144. The minimum Gasteiger partial charge on any atom is -0.310 e. The molecule has 0 radical (unpaired) electrons. The monoisotopic (exact) mass is 220 g/mol. The van der Waals surface area contributed by atoms with E-state index in [0.29, 0.717) is 5.82 Å². The Bertz CT molecular complexity index is 434. The zero-order valence-corrected chi connectivity index (χ0v) is 10.0. The van der Waals surface area contributed by atoms with Crippen molar-refractivity contribution in [2.75, 3.05) is 5.32 Å². The second kappa shape index (κ2) is 4.35. The first kappa shape index (κ1) is 12.2. The van der Waals surface area contributed by atoms with Crippen LogP contribution >= 0.6 is 0 Å². The van der Waals surface area contributed by atoms with E-state index >= 15 is 0 Å². The van der Waals surface area contributed by atoms with Crippen LogP contribution in [0.5, 0.6) is 0 Å². The fraction of sp³-hybridized carbons (Fsp3) is 0.545. The molecule has 0 aliphatic heterocycles. The quantitative estimate of drug-likeness (QED) is 0.826. The Morgan fingerprint density at radius 3 is 2.75 bits per heavy atom. The number of nitrogens with one attached hydrogen (secondary N) is 1. The highest BCUT2D eigenvalue weighted by molar-refractivity contribution is 5.91. The Balaban J connectivity index is 2.97. The molecule has 0 saturated carbocycles. The molecule has 0 saturated heterocycles. The number of carbonyl (C=O) groups excluding carboxylic acids is 1. The summed E-state index contributed by atoms with van der Waals surface area (Å²) in [6.45, 7) is 7.86. The number of hydrogen-bond donors (Lipinski definition) is 1. The molecule has 0 aliphatic carbocycles. The molecule has 0 bridgehead atoms. The van der Waals surface area contributed by atoms with Crippen molar-refractivity contribution in [1.29, 1.82) is 5.26 Å². The Morgan fingerprint density at radius 2 is 2.25 bits per heavy atom. The molecule has 86 valence electrons. The third kappa shape index (κ3) is 2.83. The van der Waals surface area contributed by atoms with E-state index in [-0.39, 0.29) is 17.9 Å². The Labute approximate surface area is 95.1 Å². The number of rotatable bonds is 2. The van der Waals surface area contributed by atoms with Gasteiger partial charge in [0.1, 0.15) is 12.2 Å². The van der Waals surface area contributed by atoms with Gasteiger partial charge in [-0.05, 0) is 27.7 Å². The SMILES string of the molecule is Cc1cc(NC(=O)CC#N)n(C(C)(C)C)n1. The van der Waals surface area contributed by atoms with Crippen molar-refractivity contribution in [1.82, 2.24) is 9.78 Å². The van der Waals surface area contributed by atoms with Crippen molar-refractivity contribution < 1.29 is 4.79 Å². The second-order valence-electron chi connectivity index (χ2n) is 4.64. The molecule has 0 aliphatic rings. The molecular weight excluding hydrogens is 204 g/mol. The first-order valence-corrected chi connectivity index (χ1v) is 5.08. The van der Waals surface area contributed by atoms with Gasteiger partial charge in [0, 0.05) is 6.07 Å². The summed E-state index contributed by atoms with van der Waals surface area (Å²) in [5, 5.41) is 15.4. The molecular formula is C11H16N4O. The lowest BCUT2D eigenvalue weighted by Gasteiger charge is -2.22. The largest absolute Gasteiger partial charge is 0.310 e. The predicted octanol–water partition coefficient (Wildman–Crippen LogP) is 1.80. The molecule has 1 aromatic rings. The van der Waals surface area contributed by atoms with Gasteiger partial charge in [-0.15, -0.1) is 0 Å². The van der Waals surface area contributed by atoms with Gasteiger partial charge in [-0.1, -0.05) is 0 Å². The molecule has 5 nitrogen and oxygen atoms in total. The van der Waals surface area contributed by atoms with E-state index in [4.69, 9.17) is 5.26 Å². The molecule has 1 amide bonds. The molecule has 5 heteroatoms. The molecule has 0 unspecified atom stereocenters. The number of carbonyl (C=O) groups is 1. The molecule has 0 spiro atoms. The molecule has 1 heterocycles. The van der Waals surface area contributed by atoms with Gasteiger partial charge in [0.2, 0.25) is 5.91 Å². The van der Waals surface area contributed by atoms with E-state index in [9.17, 15) is 4.79 Å². The van der Waals surface area contributed by atoms with Crippen LogP contribution in [0.25, 0.3) is 0 Å². The van der Waals surface area contributed by atoms with Crippen LogP contribution in [0, 0.1) is 18.3 Å². The van der Waals surface area contributed by atoms with Gasteiger partial charge in [0.15, 0.2) is 0 Å². The predicted molar refractivity (Wildman–Crippen MR) is 60.8 cm³/mol. The number of anilines is 1. The van der Waals surface area contributed by atoms with Crippen LogP contribution in [-0.2, 0) is 10.3 Å². The molecule has 1 aromatic heterocycles. The minimum atomic E-state index is -0.312. The average Bonchev–Trinajstić information content (AvgIpc) is 2.46. The topological polar surface area (TPSA) is 70.7 Å². The van der Waals surface area contributed by atoms with Gasteiger partial charge in [0.25, 0.3) is 0 Å². The lowest BCUT2D eigenvalue weighted by molar-refractivity contribution is -0.115.